The maximum absolute atomic E-state index is 5.32. The Bertz CT molecular complexity index is 770. The van der Waals surface area contributed by atoms with Crippen molar-refractivity contribution in [1.82, 2.24) is 15.4 Å². The van der Waals surface area contributed by atoms with Crippen molar-refractivity contribution < 1.29 is 4.52 Å². The average molecular weight is 496 g/mol. The number of aromatic nitrogens is 1. The molecule has 2 aromatic rings. The molecule has 6 heteroatoms. The van der Waals surface area contributed by atoms with Crippen LogP contribution in [0.2, 0.25) is 0 Å². The summed E-state index contributed by atoms with van der Waals surface area (Å²) in [5.74, 6) is 2.20. The third-order valence-electron chi connectivity index (χ3n) is 5.67. The van der Waals surface area contributed by atoms with E-state index in [2.05, 4.69) is 66.5 Å². The number of hydrogen-bond acceptors (Lipinski definition) is 3. The van der Waals surface area contributed by atoms with Crippen molar-refractivity contribution in [3.8, 4) is 0 Å². The van der Waals surface area contributed by atoms with Gasteiger partial charge in [-0.1, -0.05) is 49.3 Å². The molecule has 2 heterocycles. The molecule has 1 fully saturated rings. The van der Waals surface area contributed by atoms with E-state index in [1.54, 1.807) is 0 Å². The lowest BCUT2D eigenvalue weighted by Crippen LogP contribution is -2.41. The zero-order valence-electron chi connectivity index (χ0n) is 17.7. The second-order valence-corrected chi connectivity index (χ2v) is 7.93. The van der Waals surface area contributed by atoms with E-state index in [0.29, 0.717) is 0 Å². The summed E-state index contributed by atoms with van der Waals surface area (Å²) in [6.07, 6.45) is 1.14. The second-order valence-electron chi connectivity index (χ2n) is 7.93. The maximum Gasteiger partial charge on any atom is 0.193 e. The highest BCUT2D eigenvalue weighted by atomic mass is 127. The van der Waals surface area contributed by atoms with E-state index < -0.39 is 0 Å². The van der Waals surface area contributed by atoms with Gasteiger partial charge >= 0.3 is 0 Å². The normalized spacial score (nSPS) is 20.8. The van der Waals surface area contributed by atoms with Crippen LogP contribution < -0.4 is 5.32 Å². The quantitative estimate of drug-likeness (QED) is 0.372. The molecule has 1 aromatic carbocycles. The Kier molecular flexibility index (Phi) is 7.92. The lowest BCUT2D eigenvalue weighted by Gasteiger charge is -2.27. The van der Waals surface area contributed by atoms with Gasteiger partial charge in [0.15, 0.2) is 5.96 Å². The van der Waals surface area contributed by atoms with Crippen LogP contribution in [-0.2, 0) is 5.41 Å². The van der Waals surface area contributed by atoms with Gasteiger partial charge in [0.05, 0.1) is 5.69 Å². The number of aliphatic imine (C=N–C) groups is 1. The molecule has 1 N–H and O–H groups in total. The summed E-state index contributed by atoms with van der Waals surface area (Å²) in [4.78, 5) is 7.35. The molecule has 3 rings (SSSR count). The molecule has 0 spiro atoms. The monoisotopic (exact) mass is 496 g/mol. The van der Waals surface area contributed by atoms with Gasteiger partial charge in [0.2, 0.25) is 0 Å². The predicted octanol–water partition coefficient (Wildman–Crippen LogP) is 4.64. The molecule has 0 aliphatic carbocycles. The number of guanidine groups is 1. The van der Waals surface area contributed by atoms with Crippen molar-refractivity contribution >= 4 is 29.9 Å². The van der Waals surface area contributed by atoms with E-state index in [-0.39, 0.29) is 35.3 Å². The van der Waals surface area contributed by atoms with Crippen LogP contribution in [0, 0.1) is 13.8 Å². The molecule has 0 bridgehead atoms. The van der Waals surface area contributed by atoms with E-state index in [9.17, 15) is 0 Å². The van der Waals surface area contributed by atoms with E-state index in [0.717, 1.165) is 50.0 Å². The molecule has 1 saturated heterocycles. The van der Waals surface area contributed by atoms with Crippen LogP contribution in [0.15, 0.2) is 39.8 Å². The summed E-state index contributed by atoms with van der Waals surface area (Å²) < 4.78 is 5.32. The number of rotatable bonds is 5. The molecular weight excluding hydrogens is 463 g/mol. The van der Waals surface area contributed by atoms with Gasteiger partial charge in [0.25, 0.3) is 0 Å². The molecule has 1 aliphatic heterocycles. The van der Waals surface area contributed by atoms with Gasteiger partial charge in [-0.15, -0.1) is 24.0 Å². The second kappa shape index (κ2) is 9.76. The topological polar surface area (TPSA) is 53.7 Å². The van der Waals surface area contributed by atoms with Crippen molar-refractivity contribution in [3.63, 3.8) is 0 Å². The lowest BCUT2D eigenvalue weighted by atomic mass is 9.82. The first-order valence-electron chi connectivity index (χ1n) is 9.96. The molecule has 0 amide bonds. The first-order chi connectivity index (χ1) is 12.9. The summed E-state index contributed by atoms with van der Waals surface area (Å²) in [5, 5.41) is 7.56. The Morgan fingerprint density at radius 3 is 2.64 bits per heavy atom. The summed E-state index contributed by atoms with van der Waals surface area (Å²) in [7, 11) is 0. The van der Waals surface area contributed by atoms with E-state index >= 15 is 0 Å². The number of aryl methyl sites for hydroxylation is 2. The third kappa shape index (κ3) is 4.88. The number of benzene rings is 1. The van der Waals surface area contributed by atoms with Crippen LogP contribution >= 0.6 is 24.0 Å². The number of nitrogens with zero attached hydrogens (tertiary/aromatic N) is 3. The van der Waals surface area contributed by atoms with Crippen LogP contribution in [0.25, 0.3) is 0 Å². The van der Waals surface area contributed by atoms with E-state index in [4.69, 9.17) is 9.52 Å². The van der Waals surface area contributed by atoms with Crippen molar-refractivity contribution in [2.24, 2.45) is 4.99 Å². The Hall–Kier alpha value is -1.57. The molecule has 2 unspecified atom stereocenters. The smallest absolute Gasteiger partial charge is 0.193 e. The zero-order chi connectivity index (χ0) is 19.4. The van der Waals surface area contributed by atoms with Crippen molar-refractivity contribution in [3.05, 3.63) is 52.9 Å². The summed E-state index contributed by atoms with van der Waals surface area (Å²) in [5.41, 5.74) is 3.74. The number of halogens is 1. The number of hydrogen-bond donors (Lipinski definition) is 1. The average Bonchev–Trinajstić information content (AvgIpc) is 3.22. The summed E-state index contributed by atoms with van der Waals surface area (Å²) in [6.45, 7) is 14.3. The van der Waals surface area contributed by atoms with Gasteiger partial charge in [-0.05, 0) is 32.8 Å². The van der Waals surface area contributed by atoms with Crippen molar-refractivity contribution in [2.75, 3.05) is 26.2 Å². The van der Waals surface area contributed by atoms with Gasteiger partial charge < -0.3 is 14.7 Å². The van der Waals surface area contributed by atoms with Gasteiger partial charge in [-0.3, -0.25) is 4.99 Å². The minimum absolute atomic E-state index is 0. The molecule has 2 atom stereocenters. The fourth-order valence-corrected chi connectivity index (χ4v) is 4.15. The largest absolute Gasteiger partial charge is 0.361 e. The molecular formula is C22H33IN4O. The van der Waals surface area contributed by atoms with Crippen LogP contribution in [0.3, 0.4) is 0 Å². The van der Waals surface area contributed by atoms with Crippen LogP contribution in [0.4, 0.5) is 0 Å². The minimum atomic E-state index is 0. The molecule has 28 heavy (non-hydrogen) atoms. The van der Waals surface area contributed by atoms with Gasteiger partial charge in [-0.25, -0.2) is 0 Å². The Balaban J connectivity index is 0.00000280. The third-order valence-corrected chi connectivity index (χ3v) is 5.67. The summed E-state index contributed by atoms with van der Waals surface area (Å²) >= 11 is 0. The fourth-order valence-electron chi connectivity index (χ4n) is 4.15. The predicted molar refractivity (Wildman–Crippen MR) is 126 cm³/mol. The van der Waals surface area contributed by atoms with Crippen LogP contribution in [0.5, 0.6) is 0 Å². The maximum atomic E-state index is 5.32. The van der Waals surface area contributed by atoms with Gasteiger partial charge in [0, 0.05) is 43.1 Å². The Morgan fingerprint density at radius 2 is 2.04 bits per heavy atom. The molecule has 5 nitrogen and oxygen atoms in total. The fraction of sp³-hybridized carbons (Fsp3) is 0.545. The summed E-state index contributed by atoms with van der Waals surface area (Å²) in [6, 6.07) is 10.8. The van der Waals surface area contributed by atoms with Crippen LogP contribution in [0.1, 0.15) is 55.7 Å². The van der Waals surface area contributed by atoms with Gasteiger partial charge in [0.1, 0.15) is 5.76 Å². The van der Waals surface area contributed by atoms with Crippen molar-refractivity contribution in [1.29, 1.82) is 0 Å². The highest BCUT2D eigenvalue weighted by Crippen LogP contribution is 2.34. The minimum Gasteiger partial charge on any atom is -0.361 e. The van der Waals surface area contributed by atoms with Crippen LogP contribution in [-0.4, -0.2) is 42.2 Å². The molecule has 0 radical (unpaired) electrons. The highest BCUT2D eigenvalue weighted by Gasteiger charge is 2.36. The van der Waals surface area contributed by atoms with E-state index in [1.807, 2.05) is 13.8 Å². The molecule has 0 saturated carbocycles. The number of likely N-dealkylation sites (tertiary alicyclic amines) is 1. The lowest BCUT2D eigenvalue weighted by molar-refractivity contribution is 0.391. The number of nitrogens with one attached hydrogen (secondary N) is 1. The van der Waals surface area contributed by atoms with E-state index in [1.165, 1.54) is 11.1 Å². The van der Waals surface area contributed by atoms with Crippen molar-refractivity contribution in [2.45, 2.75) is 52.4 Å². The SMILES string of the molecule is CCNC(=NCC(C)c1c(C)noc1C)N1CCC(C)(c2ccccc2)C1.I. The molecule has 1 aromatic heterocycles. The highest BCUT2D eigenvalue weighted by molar-refractivity contribution is 14.0. The first kappa shape index (κ1) is 22.7. The molecule has 1 aliphatic rings. The standard InChI is InChI=1S/C22H32N4O.HI/c1-6-23-21(24-14-16(2)20-17(3)25-27-18(20)4)26-13-12-22(5,15-26)19-10-8-7-9-11-19;/h7-11,16H,6,12-15H2,1-5H3,(H,23,24);1H. The Labute approximate surface area is 186 Å². The van der Waals surface area contributed by atoms with Gasteiger partial charge in [-0.2, -0.15) is 0 Å². The first-order valence-corrected chi connectivity index (χ1v) is 9.96. The zero-order valence-corrected chi connectivity index (χ0v) is 20.0. The molecule has 154 valence electrons. The Morgan fingerprint density at radius 1 is 1.32 bits per heavy atom.